The maximum atomic E-state index is 4.60. The third-order valence-electron chi connectivity index (χ3n) is 4.98. The number of nitrogens with one attached hydrogen (secondary N) is 1. The quantitative estimate of drug-likeness (QED) is 0.920. The van der Waals surface area contributed by atoms with Gasteiger partial charge < -0.3 is 10.2 Å². The summed E-state index contributed by atoms with van der Waals surface area (Å²) < 4.78 is 1.96. The molecular weight excluding hydrogens is 248 g/mol. The summed E-state index contributed by atoms with van der Waals surface area (Å²) in [5.41, 5.74) is 2.61. The zero-order valence-corrected chi connectivity index (χ0v) is 12.9. The first-order valence-corrected chi connectivity index (χ1v) is 8.28. The number of hydrogen-bond acceptors (Lipinski definition) is 3. The molecule has 2 fully saturated rings. The predicted molar refractivity (Wildman–Crippen MR) is 83.2 cm³/mol. The molecule has 0 aromatic carbocycles. The topological polar surface area (TPSA) is 33.1 Å². The Morgan fingerprint density at radius 3 is 2.85 bits per heavy atom. The first-order valence-electron chi connectivity index (χ1n) is 8.28. The third kappa shape index (κ3) is 2.85. The molecule has 3 rings (SSSR count). The van der Waals surface area contributed by atoms with Gasteiger partial charge in [-0.05, 0) is 25.2 Å². The number of anilines is 1. The summed E-state index contributed by atoms with van der Waals surface area (Å²) in [6, 6.07) is 0.675. The Bertz CT molecular complexity index is 434. The van der Waals surface area contributed by atoms with Crippen LogP contribution in [0.5, 0.6) is 0 Å². The molecule has 1 saturated heterocycles. The lowest BCUT2D eigenvalue weighted by molar-refractivity contribution is 0.257. The van der Waals surface area contributed by atoms with E-state index in [0.717, 1.165) is 32.0 Å². The zero-order valence-electron chi connectivity index (χ0n) is 12.9. The van der Waals surface area contributed by atoms with Crippen LogP contribution >= 0.6 is 0 Å². The van der Waals surface area contributed by atoms with Gasteiger partial charge in [0.15, 0.2) is 0 Å². The molecule has 1 saturated carbocycles. The van der Waals surface area contributed by atoms with Crippen molar-refractivity contribution >= 4 is 5.69 Å². The molecule has 4 nitrogen and oxygen atoms in total. The molecule has 20 heavy (non-hydrogen) atoms. The molecule has 0 radical (unpaired) electrons. The van der Waals surface area contributed by atoms with Gasteiger partial charge in [0.25, 0.3) is 0 Å². The second-order valence-corrected chi connectivity index (χ2v) is 6.39. The minimum absolute atomic E-state index is 0.675. The Labute approximate surface area is 122 Å². The summed E-state index contributed by atoms with van der Waals surface area (Å²) in [4.78, 5) is 2.56. The molecule has 1 unspecified atom stereocenters. The summed E-state index contributed by atoms with van der Waals surface area (Å²) in [5, 5.41) is 8.36. The van der Waals surface area contributed by atoms with Gasteiger partial charge in [-0.3, -0.25) is 4.68 Å². The van der Waals surface area contributed by atoms with E-state index in [4.69, 9.17) is 0 Å². The van der Waals surface area contributed by atoms with Crippen LogP contribution in [0, 0.1) is 5.92 Å². The maximum absolute atomic E-state index is 4.60. The molecule has 112 valence electrons. The van der Waals surface area contributed by atoms with E-state index in [-0.39, 0.29) is 0 Å². The number of aryl methyl sites for hydroxylation is 2. The smallest absolute Gasteiger partial charge is 0.0855 e. The highest BCUT2D eigenvalue weighted by molar-refractivity contribution is 5.50. The van der Waals surface area contributed by atoms with Crippen molar-refractivity contribution in [3.63, 3.8) is 0 Å². The Morgan fingerprint density at radius 2 is 2.10 bits per heavy atom. The third-order valence-corrected chi connectivity index (χ3v) is 4.98. The lowest BCUT2D eigenvalue weighted by Crippen LogP contribution is -2.54. The van der Waals surface area contributed by atoms with Gasteiger partial charge in [-0.2, -0.15) is 5.10 Å². The van der Waals surface area contributed by atoms with E-state index in [1.165, 1.54) is 43.5 Å². The van der Waals surface area contributed by atoms with E-state index in [9.17, 15) is 0 Å². The first-order chi connectivity index (χ1) is 9.78. The van der Waals surface area contributed by atoms with E-state index in [0.29, 0.717) is 6.04 Å². The van der Waals surface area contributed by atoms with Crippen molar-refractivity contribution in [1.29, 1.82) is 0 Å². The van der Waals surface area contributed by atoms with E-state index >= 15 is 0 Å². The average molecular weight is 276 g/mol. The minimum atomic E-state index is 0.675. The van der Waals surface area contributed by atoms with Crippen LogP contribution in [0.25, 0.3) is 0 Å². The fraction of sp³-hybridized carbons (Fsp3) is 0.812. The van der Waals surface area contributed by atoms with Gasteiger partial charge in [-0.1, -0.05) is 26.2 Å². The molecule has 1 aliphatic carbocycles. The van der Waals surface area contributed by atoms with Crippen LogP contribution in [0.15, 0.2) is 6.20 Å². The van der Waals surface area contributed by atoms with Crippen molar-refractivity contribution in [2.75, 3.05) is 24.5 Å². The molecule has 1 aromatic heterocycles. The van der Waals surface area contributed by atoms with Crippen molar-refractivity contribution in [3.8, 4) is 0 Å². The summed E-state index contributed by atoms with van der Waals surface area (Å²) in [6.07, 6.45) is 10.3. The predicted octanol–water partition coefficient (Wildman–Crippen LogP) is 2.34. The number of aromatic nitrogens is 2. The fourth-order valence-corrected chi connectivity index (χ4v) is 3.89. The average Bonchev–Trinajstić information content (AvgIpc) is 2.89. The molecule has 2 heterocycles. The lowest BCUT2D eigenvalue weighted by atomic mass is 9.83. The molecule has 1 N–H and O–H groups in total. The highest BCUT2D eigenvalue weighted by Gasteiger charge is 2.29. The van der Waals surface area contributed by atoms with Gasteiger partial charge in [0.2, 0.25) is 0 Å². The number of piperazine rings is 1. The maximum Gasteiger partial charge on any atom is 0.0855 e. The van der Waals surface area contributed by atoms with E-state index in [1.54, 1.807) is 0 Å². The molecular formula is C16H28N4. The van der Waals surface area contributed by atoms with E-state index in [2.05, 4.69) is 28.4 Å². The summed E-state index contributed by atoms with van der Waals surface area (Å²) in [5.74, 6) is 0.883. The number of rotatable bonds is 3. The normalized spacial score (nSPS) is 25.1. The van der Waals surface area contributed by atoms with Gasteiger partial charge in [-0.15, -0.1) is 0 Å². The Hall–Kier alpha value is -1.03. The summed E-state index contributed by atoms with van der Waals surface area (Å²) >= 11 is 0. The molecule has 4 heteroatoms. The van der Waals surface area contributed by atoms with E-state index < -0.39 is 0 Å². The molecule has 1 aliphatic heterocycles. The van der Waals surface area contributed by atoms with Crippen LogP contribution in [-0.4, -0.2) is 35.5 Å². The standard InChI is InChI=1S/C16H28N4/c1-3-14-16(12-19(2)18-14)20-10-9-17-15(11-20)13-7-5-4-6-8-13/h12-13,15,17H,3-11H2,1-2H3. The van der Waals surface area contributed by atoms with Gasteiger partial charge in [0.05, 0.1) is 11.4 Å². The monoisotopic (exact) mass is 276 g/mol. The highest BCUT2D eigenvalue weighted by Crippen LogP contribution is 2.29. The van der Waals surface area contributed by atoms with Gasteiger partial charge >= 0.3 is 0 Å². The van der Waals surface area contributed by atoms with Crippen LogP contribution in [0.1, 0.15) is 44.7 Å². The van der Waals surface area contributed by atoms with Crippen LogP contribution in [0.2, 0.25) is 0 Å². The fourth-order valence-electron chi connectivity index (χ4n) is 3.89. The van der Waals surface area contributed by atoms with Crippen molar-refractivity contribution in [2.24, 2.45) is 13.0 Å². The van der Waals surface area contributed by atoms with Crippen molar-refractivity contribution < 1.29 is 0 Å². The second-order valence-electron chi connectivity index (χ2n) is 6.39. The molecule has 0 bridgehead atoms. The highest BCUT2D eigenvalue weighted by atomic mass is 15.3. The molecule has 1 atom stereocenters. The second kappa shape index (κ2) is 6.17. The van der Waals surface area contributed by atoms with Crippen molar-refractivity contribution in [3.05, 3.63) is 11.9 Å². The van der Waals surface area contributed by atoms with Gasteiger partial charge in [0, 0.05) is 38.9 Å². The first kappa shape index (κ1) is 13.9. The Balaban J connectivity index is 1.70. The molecule has 1 aromatic rings. The largest absolute Gasteiger partial charge is 0.366 e. The molecule has 0 spiro atoms. The van der Waals surface area contributed by atoms with Crippen LogP contribution in [0.4, 0.5) is 5.69 Å². The number of hydrogen-bond donors (Lipinski definition) is 1. The SMILES string of the molecule is CCc1nn(C)cc1N1CCNC(C2CCCCC2)C1. The summed E-state index contributed by atoms with van der Waals surface area (Å²) in [6.45, 7) is 5.58. The Kier molecular flexibility index (Phi) is 4.29. The van der Waals surface area contributed by atoms with Gasteiger partial charge in [0.1, 0.15) is 0 Å². The van der Waals surface area contributed by atoms with Crippen LogP contribution < -0.4 is 10.2 Å². The Morgan fingerprint density at radius 1 is 1.30 bits per heavy atom. The molecule has 0 amide bonds. The summed E-state index contributed by atoms with van der Waals surface area (Å²) in [7, 11) is 2.03. The minimum Gasteiger partial charge on any atom is -0.366 e. The van der Waals surface area contributed by atoms with E-state index in [1.807, 2.05) is 11.7 Å². The lowest BCUT2D eigenvalue weighted by Gasteiger charge is -2.40. The zero-order chi connectivity index (χ0) is 13.9. The van der Waals surface area contributed by atoms with Crippen LogP contribution in [0.3, 0.4) is 0 Å². The van der Waals surface area contributed by atoms with Crippen LogP contribution in [-0.2, 0) is 13.5 Å². The molecule has 2 aliphatic rings. The van der Waals surface area contributed by atoms with Gasteiger partial charge in [-0.25, -0.2) is 0 Å². The van der Waals surface area contributed by atoms with Crippen molar-refractivity contribution in [1.82, 2.24) is 15.1 Å². The van der Waals surface area contributed by atoms with Crippen molar-refractivity contribution in [2.45, 2.75) is 51.5 Å². The number of nitrogens with zero attached hydrogens (tertiary/aromatic N) is 3.